The summed E-state index contributed by atoms with van der Waals surface area (Å²) in [6.45, 7) is 1.98. The minimum absolute atomic E-state index is 0.104. The lowest BCUT2D eigenvalue weighted by Gasteiger charge is -2.03. The lowest BCUT2D eigenvalue weighted by atomic mass is 10.5. The molecule has 2 N–H and O–H groups in total. The number of imidazole rings is 1. The quantitative estimate of drug-likeness (QED) is 0.783. The van der Waals surface area contributed by atoms with Gasteiger partial charge in [-0.1, -0.05) is 0 Å². The van der Waals surface area contributed by atoms with Crippen molar-refractivity contribution in [2.45, 2.75) is 13.5 Å². The maximum absolute atomic E-state index is 11.4. The highest BCUT2D eigenvalue weighted by molar-refractivity contribution is 5.77. The Morgan fingerprint density at radius 3 is 3.18 bits per heavy atom. The molecule has 90 valence electrons. The molecule has 0 atom stereocenters. The number of hydrogen-bond donors (Lipinski definition) is 2. The van der Waals surface area contributed by atoms with E-state index >= 15 is 0 Å². The minimum atomic E-state index is -0.248. The fourth-order valence-electron chi connectivity index (χ4n) is 1.18. The number of amides is 1. The zero-order chi connectivity index (χ0) is 12.1. The lowest BCUT2D eigenvalue weighted by Crippen LogP contribution is -2.28. The van der Waals surface area contributed by atoms with Crippen LogP contribution in [0.3, 0.4) is 0 Å². The summed E-state index contributed by atoms with van der Waals surface area (Å²) in [5.41, 5.74) is 0. The molecule has 0 aliphatic rings. The molecule has 0 radical (unpaired) electrons. The summed E-state index contributed by atoms with van der Waals surface area (Å²) in [5.74, 6) is 1.38. The number of carbonyl (C=O) groups is 1. The van der Waals surface area contributed by atoms with E-state index in [1.54, 1.807) is 25.4 Å². The molecule has 1 amide bonds. The van der Waals surface area contributed by atoms with E-state index in [0.29, 0.717) is 24.0 Å². The lowest BCUT2D eigenvalue weighted by molar-refractivity contribution is -0.123. The molecule has 7 heteroatoms. The molecule has 7 nitrogen and oxygen atoms in total. The second-order valence-electron chi connectivity index (χ2n) is 3.38. The van der Waals surface area contributed by atoms with Gasteiger partial charge in [0.15, 0.2) is 6.61 Å². The van der Waals surface area contributed by atoms with Crippen molar-refractivity contribution in [3.8, 4) is 5.88 Å². The van der Waals surface area contributed by atoms with Crippen molar-refractivity contribution in [2.24, 2.45) is 0 Å². The first-order chi connectivity index (χ1) is 8.24. The topological polar surface area (TPSA) is 93.0 Å². The minimum Gasteiger partial charge on any atom is -0.465 e. The number of H-pyrrole nitrogens is 1. The third-order valence-corrected chi connectivity index (χ3v) is 1.97. The van der Waals surface area contributed by atoms with Crippen LogP contribution >= 0.6 is 0 Å². The van der Waals surface area contributed by atoms with E-state index in [0.717, 1.165) is 0 Å². The molecule has 0 aromatic carbocycles. The van der Waals surface area contributed by atoms with E-state index in [4.69, 9.17) is 9.26 Å². The van der Waals surface area contributed by atoms with Crippen LogP contribution in [0.15, 0.2) is 23.0 Å². The van der Waals surface area contributed by atoms with Crippen molar-refractivity contribution < 1.29 is 14.1 Å². The van der Waals surface area contributed by atoms with Crippen molar-refractivity contribution in [1.82, 2.24) is 20.4 Å². The molecular formula is C10H12N4O3. The summed E-state index contributed by atoms with van der Waals surface area (Å²) >= 11 is 0. The molecule has 0 spiro atoms. The Balaban J connectivity index is 1.71. The van der Waals surface area contributed by atoms with Gasteiger partial charge in [0.1, 0.15) is 11.6 Å². The SMILES string of the molecule is Cc1cc(OCC(=O)NCc2ncc[nH]2)no1. The fourth-order valence-corrected chi connectivity index (χ4v) is 1.18. The van der Waals surface area contributed by atoms with Gasteiger partial charge in [-0.3, -0.25) is 4.79 Å². The van der Waals surface area contributed by atoms with Crippen molar-refractivity contribution in [3.63, 3.8) is 0 Å². The molecule has 0 saturated heterocycles. The monoisotopic (exact) mass is 236 g/mol. The molecule has 2 rings (SSSR count). The summed E-state index contributed by atoms with van der Waals surface area (Å²) in [4.78, 5) is 18.2. The Labute approximate surface area is 97.2 Å². The maximum atomic E-state index is 11.4. The Bertz CT molecular complexity index is 477. The van der Waals surface area contributed by atoms with E-state index in [9.17, 15) is 4.79 Å². The van der Waals surface area contributed by atoms with Gasteiger partial charge in [0.25, 0.3) is 11.8 Å². The van der Waals surface area contributed by atoms with Gasteiger partial charge in [0.2, 0.25) is 0 Å². The number of aromatic nitrogens is 3. The van der Waals surface area contributed by atoms with Crippen LogP contribution in [0.25, 0.3) is 0 Å². The second-order valence-corrected chi connectivity index (χ2v) is 3.38. The normalized spacial score (nSPS) is 10.2. The van der Waals surface area contributed by atoms with Crippen LogP contribution in [0.1, 0.15) is 11.6 Å². The Kier molecular flexibility index (Phi) is 3.39. The van der Waals surface area contributed by atoms with Crippen LogP contribution in [0, 0.1) is 6.92 Å². The molecular weight excluding hydrogens is 224 g/mol. The Morgan fingerprint density at radius 1 is 1.65 bits per heavy atom. The van der Waals surface area contributed by atoms with Gasteiger partial charge in [-0.25, -0.2) is 4.98 Å². The van der Waals surface area contributed by atoms with E-state index in [1.165, 1.54) is 0 Å². The van der Waals surface area contributed by atoms with E-state index in [-0.39, 0.29) is 12.5 Å². The van der Waals surface area contributed by atoms with Crippen molar-refractivity contribution >= 4 is 5.91 Å². The first-order valence-corrected chi connectivity index (χ1v) is 5.05. The first kappa shape index (κ1) is 11.2. The molecule has 0 aliphatic carbocycles. The van der Waals surface area contributed by atoms with Gasteiger partial charge < -0.3 is 19.6 Å². The number of aryl methyl sites for hydroxylation is 1. The fraction of sp³-hybridized carbons (Fsp3) is 0.300. The zero-order valence-electron chi connectivity index (χ0n) is 9.27. The molecule has 17 heavy (non-hydrogen) atoms. The number of hydrogen-bond acceptors (Lipinski definition) is 5. The number of nitrogens with zero attached hydrogens (tertiary/aromatic N) is 2. The maximum Gasteiger partial charge on any atom is 0.258 e. The number of aromatic amines is 1. The summed E-state index contributed by atoms with van der Waals surface area (Å²) < 4.78 is 9.90. The molecule has 0 fully saturated rings. The highest BCUT2D eigenvalue weighted by Crippen LogP contribution is 2.09. The summed E-state index contributed by atoms with van der Waals surface area (Å²) in [6, 6.07) is 1.61. The largest absolute Gasteiger partial charge is 0.465 e. The number of ether oxygens (including phenoxy) is 1. The molecule has 0 saturated carbocycles. The Hall–Kier alpha value is -2.31. The van der Waals surface area contributed by atoms with Crippen LogP contribution in [0.5, 0.6) is 5.88 Å². The second kappa shape index (κ2) is 5.15. The van der Waals surface area contributed by atoms with E-state index in [1.807, 2.05) is 0 Å². The molecule has 0 aliphatic heterocycles. The molecule has 2 aromatic heterocycles. The van der Waals surface area contributed by atoms with Gasteiger partial charge in [0.05, 0.1) is 6.54 Å². The van der Waals surface area contributed by atoms with Crippen LogP contribution < -0.4 is 10.1 Å². The third-order valence-electron chi connectivity index (χ3n) is 1.97. The average molecular weight is 236 g/mol. The smallest absolute Gasteiger partial charge is 0.258 e. The highest BCUT2D eigenvalue weighted by Gasteiger charge is 2.06. The summed E-state index contributed by atoms with van der Waals surface area (Å²) in [5, 5.41) is 6.25. The predicted octanol–water partition coefficient (Wildman–Crippen LogP) is 0.401. The molecule has 2 heterocycles. The average Bonchev–Trinajstić information content (AvgIpc) is 2.95. The Morgan fingerprint density at radius 2 is 2.53 bits per heavy atom. The van der Waals surface area contributed by atoms with E-state index in [2.05, 4.69) is 20.4 Å². The van der Waals surface area contributed by atoms with Crippen LogP contribution in [-0.2, 0) is 11.3 Å². The summed E-state index contributed by atoms with van der Waals surface area (Å²) in [6.07, 6.45) is 3.31. The summed E-state index contributed by atoms with van der Waals surface area (Å²) in [7, 11) is 0. The van der Waals surface area contributed by atoms with Gasteiger partial charge in [-0.05, 0) is 12.1 Å². The third kappa shape index (κ3) is 3.33. The van der Waals surface area contributed by atoms with E-state index < -0.39 is 0 Å². The molecule has 0 unspecified atom stereocenters. The zero-order valence-corrected chi connectivity index (χ0v) is 9.27. The van der Waals surface area contributed by atoms with Crippen molar-refractivity contribution in [3.05, 3.63) is 30.0 Å². The standard InChI is InChI=1S/C10H12N4O3/c1-7-4-10(14-17-7)16-6-9(15)13-5-8-11-2-3-12-8/h2-4H,5-6H2,1H3,(H,11,12)(H,13,15). The number of nitrogens with one attached hydrogen (secondary N) is 2. The highest BCUT2D eigenvalue weighted by atomic mass is 16.5. The predicted molar refractivity (Wildman–Crippen MR) is 57.2 cm³/mol. The van der Waals surface area contributed by atoms with Gasteiger partial charge >= 0.3 is 0 Å². The molecule has 0 bridgehead atoms. The van der Waals surface area contributed by atoms with Crippen LogP contribution in [0.2, 0.25) is 0 Å². The van der Waals surface area contributed by atoms with Gasteiger partial charge in [-0.15, -0.1) is 0 Å². The van der Waals surface area contributed by atoms with Crippen LogP contribution in [0.4, 0.5) is 0 Å². The van der Waals surface area contributed by atoms with Crippen molar-refractivity contribution in [2.75, 3.05) is 6.61 Å². The van der Waals surface area contributed by atoms with Crippen LogP contribution in [-0.4, -0.2) is 27.6 Å². The first-order valence-electron chi connectivity index (χ1n) is 5.05. The van der Waals surface area contributed by atoms with Gasteiger partial charge in [0, 0.05) is 18.5 Å². The van der Waals surface area contributed by atoms with Crippen molar-refractivity contribution in [1.29, 1.82) is 0 Å². The molecule has 2 aromatic rings. The van der Waals surface area contributed by atoms with Gasteiger partial charge in [-0.2, -0.15) is 0 Å². The number of carbonyl (C=O) groups excluding carboxylic acids is 1. The number of rotatable bonds is 5.